The van der Waals surface area contributed by atoms with Crippen molar-refractivity contribution in [1.82, 2.24) is 9.78 Å². The van der Waals surface area contributed by atoms with Gasteiger partial charge in [0.2, 0.25) is 0 Å². The maximum absolute atomic E-state index is 10.2. The summed E-state index contributed by atoms with van der Waals surface area (Å²) >= 11 is 6.21. The number of nitrogens with zero attached hydrogens (tertiary/aromatic N) is 2. The first-order chi connectivity index (χ1) is 8.63. The van der Waals surface area contributed by atoms with Crippen molar-refractivity contribution in [1.29, 1.82) is 0 Å². The van der Waals surface area contributed by atoms with Crippen LogP contribution < -0.4 is 0 Å². The molecule has 5 nitrogen and oxygen atoms in total. The van der Waals surface area contributed by atoms with Crippen molar-refractivity contribution in [3.8, 4) is 0 Å². The lowest BCUT2D eigenvalue weighted by molar-refractivity contribution is -0.131. The van der Waals surface area contributed by atoms with Gasteiger partial charge in [-0.2, -0.15) is 5.10 Å². The maximum Gasteiger partial charge on any atom is 0.107 e. The van der Waals surface area contributed by atoms with Gasteiger partial charge in [0, 0.05) is 13.0 Å². The summed E-state index contributed by atoms with van der Waals surface area (Å²) in [6, 6.07) is 0. The molecule has 2 rings (SSSR count). The summed E-state index contributed by atoms with van der Waals surface area (Å²) in [5.74, 6) is 0. The summed E-state index contributed by atoms with van der Waals surface area (Å²) in [5.41, 5.74) is 1.65. The van der Waals surface area contributed by atoms with Crippen molar-refractivity contribution in [2.24, 2.45) is 0 Å². The maximum atomic E-state index is 10.2. The lowest BCUT2D eigenvalue weighted by Crippen LogP contribution is -2.39. The molecule has 2 unspecified atom stereocenters. The Morgan fingerprint density at radius 1 is 1.56 bits per heavy atom. The van der Waals surface area contributed by atoms with E-state index in [0.717, 1.165) is 17.9 Å². The van der Waals surface area contributed by atoms with Gasteiger partial charge >= 0.3 is 0 Å². The van der Waals surface area contributed by atoms with Crippen molar-refractivity contribution in [2.45, 2.75) is 39.0 Å². The number of aryl methyl sites for hydroxylation is 2. The number of rotatable bonds is 4. The Bertz CT molecular complexity index is 402. The van der Waals surface area contributed by atoms with Crippen LogP contribution in [-0.4, -0.2) is 46.9 Å². The Kier molecular flexibility index (Phi) is 4.61. The second kappa shape index (κ2) is 6.02. The van der Waals surface area contributed by atoms with Crippen LogP contribution in [0.3, 0.4) is 0 Å². The fourth-order valence-electron chi connectivity index (χ4n) is 2.12. The van der Waals surface area contributed by atoms with E-state index < -0.39 is 6.10 Å². The molecule has 1 saturated heterocycles. The molecule has 0 bridgehead atoms. The van der Waals surface area contributed by atoms with E-state index in [2.05, 4.69) is 5.10 Å². The highest BCUT2D eigenvalue weighted by Crippen LogP contribution is 2.23. The van der Waals surface area contributed by atoms with Gasteiger partial charge in [0.15, 0.2) is 0 Å². The Morgan fingerprint density at radius 2 is 2.33 bits per heavy atom. The molecule has 1 aromatic rings. The van der Waals surface area contributed by atoms with E-state index >= 15 is 0 Å². The third-order valence-electron chi connectivity index (χ3n) is 3.13. The summed E-state index contributed by atoms with van der Waals surface area (Å²) < 4.78 is 12.6. The fourth-order valence-corrected chi connectivity index (χ4v) is 2.33. The summed E-state index contributed by atoms with van der Waals surface area (Å²) in [4.78, 5) is 0. The average Bonchev–Trinajstić information content (AvgIpc) is 2.67. The first kappa shape index (κ1) is 13.8. The predicted molar refractivity (Wildman–Crippen MR) is 67.9 cm³/mol. The molecule has 1 fully saturated rings. The van der Waals surface area contributed by atoms with Gasteiger partial charge in [0.1, 0.15) is 6.10 Å². The zero-order valence-electron chi connectivity index (χ0n) is 10.7. The molecular weight excluding hydrogens is 256 g/mol. The van der Waals surface area contributed by atoms with E-state index in [1.165, 1.54) is 0 Å². The molecule has 2 atom stereocenters. The van der Waals surface area contributed by atoms with Gasteiger partial charge < -0.3 is 14.6 Å². The molecule has 0 amide bonds. The molecule has 1 aliphatic heterocycles. The molecule has 6 heteroatoms. The van der Waals surface area contributed by atoms with Gasteiger partial charge in [0.05, 0.1) is 42.3 Å². The lowest BCUT2D eigenvalue weighted by atomic mass is 10.1. The number of aliphatic hydroxyl groups is 1. The first-order valence-electron chi connectivity index (χ1n) is 6.22. The molecule has 18 heavy (non-hydrogen) atoms. The number of ether oxygens (including phenoxy) is 2. The van der Waals surface area contributed by atoms with E-state index in [9.17, 15) is 5.11 Å². The molecule has 1 aromatic heterocycles. The normalized spacial score (nSPS) is 22.1. The van der Waals surface area contributed by atoms with Crippen LogP contribution >= 0.6 is 11.6 Å². The molecule has 0 saturated carbocycles. The predicted octanol–water partition coefficient (Wildman–Crippen LogP) is 1.18. The van der Waals surface area contributed by atoms with Gasteiger partial charge in [-0.05, 0) is 13.8 Å². The lowest BCUT2D eigenvalue weighted by Gasteiger charge is -2.27. The van der Waals surface area contributed by atoms with E-state index in [-0.39, 0.29) is 6.10 Å². The third-order valence-corrected chi connectivity index (χ3v) is 3.62. The van der Waals surface area contributed by atoms with Gasteiger partial charge in [0.25, 0.3) is 0 Å². The standard InChI is InChI=1S/C12H19ClN2O3/c1-3-15-9(12(13)8(2)14-15)6-10(16)11-7-17-4-5-18-11/h10-11,16H,3-7H2,1-2H3. The molecule has 2 heterocycles. The second-order valence-electron chi connectivity index (χ2n) is 4.42. The van der Waals surface area contributed by atoms with Crippen LogP contribution in [0.15, 0.2) is 0 Å². The van der Waals surface area contributed by atoms with Crippen LogP contribution in [0.4, 0.5) is 0 Å². The molecule has 0 radical (unpaired) electrons. The highest BCUT2D eigenvalue weighted by Gasteiger charge is 2.26. The van der Waals surface area contributed by atoms with E-state index in [0.29, 0.717) is 31.3 Å². The highest BCUT2D eigenvalue weighted by atomic mass is 35.5. The Morgan fingerprint density at radius 3 is 2.94 bits per heavy atom. The Labute approximate surface area is 112 Å². The topological polar surface area (TPSA) is 56.5 Å². The molecular formula is C12H19ClN2O3. The zero-order chi connectivity index (χ0) is 13.1. The summed E-state index contributed by atoms with van der Waals surface area (Å²) in [6.07, 6.45) is -0.471. The minimum Gasteiger partial charge on any atom is -0.390 e. The number of aliphatic hydroxyl groups excluding tert-OH is 1. The van der Waals surface area contributed by atoms with Crippen molar-refractivity contribution < 1.29 is 14.6 Å². The van der Waals surface area contributed by atoms with E-state index in [4.69, 9.17) is 21.1 Å². The molecule has 1 aliphatic rings. The number of hydrogen-bond acceptors (Lipinski definition) is 4. The van der Waals surface area contributed by atoms with Gasteiger partial charge in [-0.3, -0.25) is 4.68 Å². The van der Waals surface area contributed by atoms with Crippen LogP contribution in [-0.2, 0) is 22.4 Å². The van der Waals surface area contributed by atoms with Gasteiger partial charge in [-0.25, -0.2) is 0 Å². The van der Waals surface area contributed by atoms with Crippen molar-refractivity contribution in [2.75, 3.05) is 19.8 Å². The smallest absolute Gasteiger partial charge is 0.107 e. The third kappa shape index (κ3) is 2.85. The minimum absolute atomic E-state index is 0.282. The van der Waals surface area contributed by atoms with Crippen LogP contribution in [0.5, 0.6) is 0 Å². The van der Waals surface area contributed by atoms with E-state index in [1.807, 2.05) is 18.5 Å². The Balaban J connectivity index is 2.08. The van der Waals surface area contributed by atoms with Crippen LogP contribution in [0, 0.1) is 6.92 Å². The SMILES string of the molecule is CCn1nc(C)c(Cl)c1CC(O)C1COCCO1. The van der Waals surface area contributed by atoms with Gasteiger partial charge in [-0.1, -0.05) is 11.6 Å². The summed E-state index contributed by atoms with van der Waals surface area (Å²) in [6.45, 7) is 6.15. The first-order valence-corrected chi connectivity index (χ1v) is 6.60. The minimum atomic E-state index is -0.621. The van der Waals surface area contributed by atoms with Crippen molar-refractivity contribution in [3.63, 3.8) is 0 Å². The highest BCUT2D eigenvalue weighted by molar-refractivity contribution is 6.31. The zero-order valence-corrected chi connectivity index (χ0v) is 11.5. The van der Waals surface area contributed by atoms with E-state index in [1.54, 1.807) is 0 Å². The molecule has 0 spiro atoms. The number of aromatic nitrogens is 2. The quantitative estimate of drug-likeness (QED) is 0.896. The Hall–Kier alpha value is -0.620. The van der Waals surface area contributed by atoms with Gasteiger partial charge in [-0.15, -0.1) is 0 Å². The summed E-state index contributed by atoms with van der Waals surface area (Å²) in [7, 11) is 0. The van der Waals surface area contributed by atoms with Crippen molar-refractivity contribution in [3.05, 3.63) is 16.4 Å². The largest absolute Gasteiger partial charge is 0.390 e. The monoisotopic (exact) mass is 274 g/mol. The summed E-state index contributed by atoms with van der Waals surface area (Å²) in [5, 5.41) is 15.1. The molecule has 102 valence electrons. The second-order valence-corrected chi connectivity index (χ2v) is 4.80. The number of hydrogen-bond donors (Lipinski definition) is 1. The molecule has 1 N–H and O–H groups in total. The van der Waals surface area contributed by atoms with Crippen molar-refractivity contribution >= 4 is 11.6 Å². The molecule has 0 aromatic carbocycles. The van der Waals surface area contributed by atoms with Crippen LogP contribution in [0.1, 0.15) is 18.3 Å². The average molecular weight is 275 g/mol. The number of halogens is 1. The van der Waals surface area contributed by atoms with Crippen LogP contribution in [0.25, 0.3) is 0 Å². The fraction of sp³-hybridized carbons (Fsp3) is 0.750. The molecule has 0 aliphatic carbocycles. The van der Waals surface area contributed by atoms with Crippen LogP contribution in [0.2, 0.25) is 5.02 Å².